The van der Waals surface area contributed by atoms with Gasteiger partial charge in [-0.05, 0) is 38.3 Å². The van der Waals surface area contributed by atoms with Crippen LogP contribution in [0.15, 0.2) is 18.2 Å². The second-order valence-electron chi connectivity index (χ2n) is 4.25. The Morgan fingerprint density at radius 2 is 2.18 bits per heavy atom. The lowest BCUT2D eigenvalue weighted by Gasteiger charge is -2.08. The Hall–Kier alpha value is -1.71. The monoisotopic (exact) mass is 237 g/mol. The first-order chi connectivity index (χ1) is 8.00. The molecule has 0 aliphatic heterocycles. The lowest BCUT2D eigenvalue weighted by Crippen LogP contribution is -2.11. The highest BCUT2D eigenvalue weighted by Crippen LogP contribution is 2.25. The molecule has 0 radical (unpaired) electrons. The van der Waals surface area contributed by atoms with Gasteiger partial charge in [0.25, 0.3) is 0 Å². The van der Waals surface area contributed by atoms with Crippen molar-refractivity contribution >= 4 is 11.7 Å². The van der Waals surface area contributed by atoms with Crippen molar-refractivity contribution in [1.82, 2.24) is 0 Å². The fraction of sp³-hybridized carbons (Fsp3) is 0.462. The summed E-state index contributed by atoms with van der Waals surface area (Å²) in [5, 5.41) is 9.67. The van der Waals surface area contributed by atoms with E-state index >= 15 is 0 Å². The van der Waals surface area contributed by atoms with Crippen molar-refractivity contribution in [2.75, 3.05) is 5.73 Å². The number of phenolic OH excluding ortho intramolecular Hbond substituents is 1. The van der Waals surface area contributed by atoms with E-state index in [2.05, 4.69) is 0 Å². The number of para-hydroxylation sites is 1. The fourth-order valence-corrected chi connectivity index (χ4v) is 1.56. The van der Waals surface area contributed by atoms with Crippen molar-refractivity contribution in [3.63, 3.8) is 0 Å². The maximum Gasteiger partial charge on any atom is 0.306 e. The molecule has 0 atom stereocenters. The van der Waals surface area contributed by atoms with Crippen LogP contribution in [0.5, 0.6) is 5.75 Å². The molecule has 1 rings (SSSR count). The Morgan fingerprint density at radius 1 is 1.47 bits per heavy atom. The average Bonchev–Trinajstić information content (AvgIpc) is 2.23. The van der Waals surface area contributed by atoms with E-state index in [0.29, 0.717) is 24.9 Å². The number of benzene rings is 1. The van der Waals surface area contributed by atoms with Gasteiger partial charge in [-0.3, -0.25) is 4.79 Å². The number of rotatable bonds is 5. The van der Waals surface area contributed by atoms with Crippen LogP contribution in [0.25, 0.3) is 0 Å². The molecule has 1 aromatic carbocycles. The Labute approximate surface area is 101 Å². The van der Waals surface area contributed by atoms with Crippen LogP contribution >= 0.6 is 0 Å². The van der Waals surface area contributed by atoms with Gasteiger partial charge >= 0.3 is 5.97 Å². The number of nitrogen functional groups attached to an aromatic ring is 1. The average molecular weight is 237 g/mol. The smallest absolute Gasteiger partial charge is 0.306 e. The van der Waals surface area contributed by atoms with Crippen molar-refractivity contribution in [2.45, 2.75) is 39.2 Å². The summed E-state index contributed by atoms with van der Waals surface area (Å²) in [5.41, 5.74) is 6.71. The summed E-state index contributed by atoms with van der Waals surface area (Å²) in [4.78, 5) is 11.3. The summed E-state index contributed by atoms with van der Waals surface area (Å²) in [6, 6.07) is 5.24. The third kappa shape index (κ3) is 4.34. The van der Waals surface area contributed by atoms with E-state index in [0.717, 1.165) is 5.56 Å². The third-order valence-corrected chi connectivity index (χ3v) is 2.34. The van der Waals surface area contributed by atoms with Crippen LogP contribution in [-0.2, 0) is 16.0 Å². The lowest BCUT2D eigenvalue weighted by molar-refractivity contribution is -0.147. The first kappa shape index (κ1) is 13.4. The number of hydrogen-bond acceptors (Lipinski definition) is 4. The van der Waals surface area contributed by atoms with Gasteiger partial charge in [0.2, 0.25) is 0 Å². The highest BCUT2D eigenvalue weighted by Gasteiger charge is 2.08. The van der Waals surface area contributed by atoms with Crippen LogP contribution in [0, 0.1) is 0 Å². The molecule has 0 aliphatic carbocycles. The maximum atomic E-state index is 11.3. The van der Waals surface area contributed by atoms with Gasteiger partial charge in [0.05, 0.1) is 11.8 Å². The molecule has 0 amide bonds. The van der Waals surface area contributed by atoms with Crippen molar-refractivity contribution in [3.05, 3.63) is 23.8 Å². The Bertz CT molecular complexity index is 388. The topological polar surface area (TPSA) is 72.5 Å². The number of carbonyl (C=O) groups is 1. The van der Waals surface area contributed by atoms with E-state index in [-0.39, 0.29) is 17.8 Å². The summed E-state index contributed by atoms with van der Waals surface area (Å²) in [5.74, 6) is -0.0897. The maximum absolute atomic E-state index is 11.3. The summed E-state index contributed by atoms with van der Waals surface area (Å²) in [7, 11) is 0. The number of esters is 1. The van der Waals surface area contributed by atoms with E-state index < -0.39 is 0 Å². The van der Waals surface area contributed by atoms with Crippen LogP contribution in [0.1, 0.15) is 32.3 Å². The van der Waals surface area contributed by atoms with Gasteiger partial charge in [-0.1, -0.05) is 12.1 Å². The minimum atomic E-state index is -0.205. The fourth-order valence-electron chi connectivity index (χ4n) is 1.56. The molecule has 0 unspecified atom stereocenters. The largest absolute Gasteiger partial charge is 0.506 e. The predicted molar refractivity (Wildman–Crippen MR) is 66.7 cm³/mol. The predicted octanol–water partition coefficient (Wildman–Crippen LogP) is 2.25. The molecule has 3 N–H and O–H groups in total. The summed E-state index contributed by atoms with van der Waals surface area (Å²) in [6.45, 7) is 3.64. The van der Waals surface area contributed by atoms with Gasteiger partial charge < -0.3 is 15.6 Å². The van der Waals surface area contributed by atoms with Crippen LogP contribution in [0.2, 0.25) is 0 Å². The zero-order valence-corrected chi connectivity index (χ0v) is 10.3. The van der Waals surface area contributed by atoms with Gasteiger partial charge in [-0.15, -0.1) is 0 Å². The Kier molecular flexibility index (Phi) is 4.82. The lowest BCUT2D eigenvalue weighted by atomic mass is 10.1. The summed E-state index contributed by atoms with van der Waals surface area (Å²) in [6.07, 6.45) is 1.53. The SMILES string of the molecule is CC(C)OC(=O)CCCc1cccc(N)c1O. The van der Waals surface area contributed by atoms with Crippen LogP contribution in [0.3, 0.4) is 0 Å². The first-order valence-corrected chi connectivity index (χ1v) is 5.76. The molecule has 94 valence electrons. The van der Waals surface area contributed by atoms with E-state index in [1.807, 2.05) is 13.8 Å². The normalized spacial score (nSPS) is 10.5. The van der Waals surface area contributed by atoms with Gasteiger partial charge in [0.15, 0.2) is 0 Å². The van der Waals surface area contributed by atoms with Crippen molar-refractivity contribution in [1.29, 1.82) is 0 Å². The standard InChI is InChI=1S/C13H19NO3/c1-9(2)17-12(15)8-4-6-10-5-3-7-11(14)13(10)16/h3,5,7,9,16H,4,6,8,14H2,1-2H3. The quantitative estimate of drug-likeness (QED) is 0.468. The van der Waals surface area contributed by atoms with Crippen molar-refractivity contribution < 1.29 is 14.6 Å². The van der Waals surface area contributed by atoms with E-state index in [9.17, 15) is 9.90 Å². The zero-order chi connectivity index (χ0) is 12.8. The van der Waals surface area contributed by atoms with Gasteiger partial charge in [-0.2, -0.15) is 0 Å². The number of aryl methyl sites for hydroxylation is 1. The molecule has 0 aromatic heterocycles. The Morgan fingerprint density at radius 3 is 2.82 bits per heavy atom. The highest BCUT2D eigenvalue weighted by atomic mass is 16.5. The van der Waals surface area contributed by atoms with Crippen LogP contribution < -0.4 is 5.73 Å². The highest BCUT2D eigenvalue weighted by molar-refractivity contribution is 5.69. The molecule has 0 bridgehead atoms. The summed E-state index contributed by atoms with van der Waals surface area (Å²) < 4.78 is 5.02. The molecule has 0 aliphatic rings. The molecular weight excluding hydrogens is 218 g/mol. The number of aromatic hydroxyl groups is 1. The molecule has 1 aromatic rings. The molecule has 0 heterocycles. The molecule has 0 spiro atoms. The van der Waals surface area contributed by atoms with Gasteiger partial charge in [0.1, 0.15) is 5.75 Å². The van der Waals surface area contributed by atoms with E-state index in [1.54, 1.807) is 18.2 Å². The molecular formula is C13H19NO3. The summed E-state index contributed by atoms with van der Waals surface area (Å²) >= 11 is 0. The van der Waals surface area contributed by atoms with Gasteiger partial charge in [-0.25, -0.2) is 0 Å². The molecule has 4 heteroatoms. The minimum Gasteiger partial charge on any atom is -0.506 e. The number of hydrogen-bond donors (Lipinski definition) is 2. The zero-order valence-electron chi connectivity index (χ0n) is 10.3. The molecule has 17 heavy (non-hydrogen) atoms. The van der Waals surface area contributed by atoms with Crippen LogP contribution in [-0.4, -0.2) is 17.2 Å². The van der Waals surface area contributed by atoms with Crippen molar-refractivity contribution in [2.24, 2.45) is 0 Å². The van der Waals surface area contributed by atoms with Crippen LogP contribution in [0.4, 0.5) is 5.69 Å². The minimum absolute atomic E-state index is 0.0803. The molecule has 0 saturated heterocycles. The number of nitrogens with two attached hydrogens (primary N) is 1. The second kappa shape index (κ2) is 6.13. The molecule has 0 saturated carbocycles. The number of carbonyl (C=O) groups excluding carboxylic acids is 1. The number of ether oxygens (including phenoxy) is 1. The van der Waals surface area contributed by atoms with Gasteiger partial charge in [0, 0.05) is 6.42 Å². The third-order valence-electron chi connectivity index (χ3n) is 2.34. The molecule has 4 nitrogen and oxygen atoms in total. The second-order valence-corrected chi connectivity index (χ2v) is 4.25. The number of anilines is 1. The van der Waals surface area contributed by atoms with E-state index in [1.165, 1.54) is 0 Å². The first-order valence-electron chi connectivity index (χ1n) is 5.76. The molecule has 0 fully saturated rings. The Balaban J connectivity index is 2.41. The van der Waals surface area contributed by atoms with E-state index in [4.69, 9.17) is 10.5 Å². The number of phenols is 1. The van der Waals surface area contributed by atoms with Crippen molar-refractivity contribution in [3.8, 4) is 5.75 Å².